The number of rotatable bonds is 3. The maximum absolute atomic E-state index is 5.79. The first-order valence-electron chi connectivity index (χ1n) is 7.11. The summed E-state index contributed by atoms with van der Waals surface area (Å²) in [7, 11) is 0. The van der Waals surface area contributed by atoms with E-state index in [0.717, 1.165) is 23.5 Å². The van der Waals surface area contributed by atoms with Crippen molar-refractivity contribution in [3.8, 4) is 11.5 Å². The summed E-state index contributed by atoms with van der Waals surface area (Å²) in [6.45, 7) is 5.64. The van der Waals surface area contributed by atoms with Crippen LogP contribution in [-0.4, -0.2) is 13.2 Å². The number of nitrogens with one attached hydrogen (secondary N) is 1. The predicted octanol–water partition coefficient (Wildman–Crippen LogP) is 3.08. The van der Waals surface area contributed by atoms with Crippen LogP contribution in [0, 0.1) is 13.8 Å². The van der Waals surface area contributed by atoms with Crippen molar-refractivity contribution in [1.82, 2.24) is 5.43 Å². The van der Waals surface area contributed by atoms with E-state index in [-0.39, 0.29) is 6.04 Å². The van der Waals surface area contributed by atoms with Crippen LogP contribution in [0.4, 0.5) is 0 Å². The Morgan fingerprint density at radius 2 is 1.90 bits per heavy atom. The van der Waals surface area contributed by atoms with Gasteiger partial charge in [0.1, 0.15) is 0 Å². The molecule has 1 aromatic heterocycles. The number of aryl methyl sites for hydroxylation is 2. The summed E-state index contributed by atoms with van der Waals surface area (Å²) in [6.07, 6.45) is 0.909. The summed E-state index contributed by atoms with van der Waals surface area (Å²) in [5, 5.41) is 0. The van der Waals surface area contributed by atoms with E-state index >= 15 is 0 Å². The molecule has 0 radical (unpaired) electrons. The minimum atomic E-state index is -0.0282. The Balaban J connectivity index is 1.95. The Hall–Kier alpha value is -1.56. The van der Waals surface area contributed by atoms with Gasteiger partial charge >= 0.3 is 0 Å². The summed E-state index contributed by atoms with van der Waals surface area (Å²) >= 11 is 1.77. The van der Waals surface area contributed by atoms with Crippen LogP contribution in [0.15, 0.2) is 24.3 Å². The van der Waals surface area contributed by atoms with E-state index in [1.807, 2.05) is 18.2 Å². The maximum atomic E-state index is 5.79. The molecule has 0 saturated carbocycles. The monoisotopic (exact) mass is 304 g/mol. The lowest BCUT2D eigenvalue weighted by Crippen LogP contribution is -2.28. The van der Waals surface area contributed by atoms with Gasteiger partial charge in [-0.05, 0) is 43.2 Å². The highest BCUT2D eigenvalue weighted by Crippen LogP contribution is 2.36. The third-order valence-corrected chi connectivity index (χ3v) is 4.96. The molecular formula is C16H20N2O2S. The van der Waals surface area contributed by atoms with Crippen molar-refractivity contribution in [2.75, 3.05) is 13.2 Å². The number of hydrazine groups is 1. The van der Waals surface area contributed by atoms with Crippen molar-refractivity contribution >= 4 is 11.3 Å². The highest BCUT2D eigenvalue weighted by Gasteiger charge is 2.19. The van der Waals surface area contributed by atoms with E-state index in [1.54, 1.807) is 11.3 Å². The molecule has 0 bridgehead atoms. The van der Waals surface area contributed by atoms with Crippen LogP contribution in [0.1, 0.15) is 33.3 Å². The Bertz CT molecular complexity index is 620. The summed E-state index contributed by atoms with van der Waals surface area (Å²) in [6, 6.07) is 8.19. The molecule has 0 aliphatic carbocycles. The van der Waals surface area contributed by atoms with Crippen LogP contribution in [0.5, 0.6) is 11.5 Å². The van der Waals surface area contributed by atoms with Gasteiger partial charge < -0.3 is 9.47 Å². The third-order valence-electron chi connectivity index (χ3n) is 3.74. The van der Waals surface area contributed by atoms with Crippen molar-refractivity contribution in [2.24, 2.45) is 5.84 Å². The maximum Gasteiger partial charge on any atom is 0.161 e. The average Bonchev–Trinajstić information content (AvgIpc) is 2.69. The van der Waals surface area contributed by atoms with Gasteiger partial charge in [-0.3, -0.25) is 5.84 Å². The number of fused-ring (bicyclic) bond motifs is 1. The second kappa shape index (κ2) is 6.05. The van der Waals surface area contributed by atoms with Gasteiger partial charge in [0, 0.05) is 16.2 Å². The van der Waals surface area contributed by atoms with E-state index < -0.39 is 0 Å². The van der Waals surface area contributed by atoms with E-state index in [4.69, 9.17) is 15.3 Å². The van der Waals surface area contributed by atoms with E-state index in [2.05, 4.69) is 25.3 Å². The molecule has 0 spiro atoms. The van der Waals surface area contributed by atoms with Crippen molar-refractivity contribution in [2.45, 2.75) is 26.3 Å². The molecule has 2 heterocycles. The standard InChI is InChI=1S/C16H20N2O2S/c1-10-8-15(21-11(10)2)16(18-17)12-4-5-13-14(9-12)20-7-3-6-19-13/h4-5,8-9,16,18H,3,6-7,17H2,1-2H3. The molecule has 21 heavy (non-hydrogen) atoms. The summed E-state index contributed by atoms with van der Waals surface area (Å²) < 4.78 is 11.4. The molecule has 1 aliphatic rings. The van der Waals surface area contributed by atoms with Gasteiger partial charge in [0.15, 0.2) is 11.5 Å². The van der Waals surface area contributed by atoms with Gasteiger partial charge in [0.25, 0.3) is 0 Å². The fraction of sp³-hybridized carbons (Fsp3) is 0.375. The van der Waals surface area contributed by atoms with Gasteiger partial charge in [0.2, 0.25) is 0 Å². The summed E-state index contributed by atoms with van der Waals surface area (Å²) in [5.41, 5.74) is 5.29. The average molecular weight is 304 g/mol. The van der Waals surface area contributed by atoms with Crippen LogP contribution in [-0.2, 0) is 0 Å². The summed E-state index contributed by atoms with van der Waals surface area (Å²) in [4.78, 5) is 2.53. The van der Waals surface area contributed by atoms with Crippen LogP contribution >= 0.6 is 11.3 Å². The minimum absolute atomic E-state index is 0.0282. The van der Waals surface area contributed by atoms with E-state index in [0.29, 0.717) is 13.2 Å². The Morgan fingerprint density at radius 3 is 2.57 bits per heavy atom. The Labute approximate surface area is 128 Å². The lowest BCUT2D eigenvalue weighted by molar-refractivity contribution is 0.297. The van der Waals surface area contributed by atoms with Gasteiger partial charge in [0.05, 0.1) is 19.3 Å². The zero-order valence-electron chi connectivity index (χ0n) is 12.3. The third kappa shape index (κ3) is 2.90. The molecule has 0 amide bonds. The molecule has 0 fully saturated rings. The zero-order valence-corrected chi connectivity index (χ0v) is 13.1. The molecule has 5 heteroatoms. The zero-order chi connectivity index (χ0) is 14.8. The van der Waals surface area contributed by atoms with E-state index in [9.17, 15) is 0 Å². The van der Waals surface area contributed by atoms with Crippen LogP contribution in [0.25, 0.3) is 0 Å². The Kier molecular flexibility index (Phi) is 4.14. The molecular weight excluding hydrogens is 284 g/mol. The van der Waals surface area contributed by atoms with E-state index in [1.165, 1.54) is 15.3 Å². The van der Waals surface area contributed by atoms with Crippen molar-refractivity contribution in [1.29, 1.82) is 0 Å². The SMILES string of the molecule is Cc1cc(C(NN)c2ccc3c(c2)OCCCO3)sc1C. The molecule has 1 atom stereocenters. The number of benzene rings is 1. The number of hydrogen-bond acceptors (Lipinski definition) is 5. The topological polar surface area (TPSA) is 56.5 Å². The predicted molar refractivity (Wildman–Crippen MR) is 85.0 cm³/mol. The van der Waals surface area contributed by atoms with Crippen LogP contribution < -0.4 is 20.7 Å². The highest BCUT2D eigenvalue weighted by molar-refractivity contribution is 7.12. The number of hydrogen-bond donors (Lipinski definition) is 2. The second-order valence-corrected chi connectivity index (χ2v) is 6.53. The quantitative estimate of drug-likeness (QED) is 0.676. The molecule has 3 N–H and O–H groups in total. The van der Waals surface area contributed by atoms with Gasteiger partial charge in [-0.1, -0.05) is 6.07 Å². The first-order valence-corrected chi connectivity index (χ1v) is 7.93. The second-order valence-electron chi connectivity index (χ2n) is 5.24. The number of thiophene rings is 1. The molecule has 1 aliphatic heterocycles. The number of ether oxygens (including phenoxy) is 2. The minimum Gasteiger partial charge on any atom is -0.490 e. The van der Waals surface area contributed by atoms with Crippen LogP contribution in [0.3, 0.4) is 0 Å². The molecule has 112 valence electrons. The van der Waals surface area contributed by atoms with Crippen molar-refractivity contribution in [3.05, 3.63) is 45.1 Å². The molecule has 1 unspecified atom stereocenters. The normalized spacial score (nSPS) is 15.6. The molecule has 2 aromatic rings. The van der Waals surface area contributed by atoms with Gasteiger partial charge in [-0.15, -0.1) is 11.3 Å². The van der Waals surface area contributed by atoms with Gasteiger partial charge in [-0.25, -0.2) is 5.43 Å². The largest absolute Gasteiger partial charge is 0.490 e. The molecule has 3 rings (SSSR count). The summed E-state index contributed by atoms with van der Waals surface area (Å²) in [5.74, 6) is 7.40. The first-order chi connectivity index (χ1) is 10.2. The lowest BCUT2D eigenvalue weighted by atomic mass is 10.0. The van der Waals surface area contributed by atoms with Crippen molar-refractivity contribution in [3.63, 3.8) is 0 Å². The molecule has 0 saturated heterocycles. The molecule has 4 nitrogen and oxygen atoms in total. The Morgan fingerprint density at radius 1 is 1.14 bits per heavy atom. The lowest BCUT2D eigenvalue weighted by Gasteiger charge is -2.17. The smallest absolute Gasteiger partial charge is 0.161 e. The fourth-order valence-electron chi connectivity index (χ4n) is 2.45. The first kappa shape index (κ1) is 14.4. The fourth-order valence-corrected chi connectivity index (χ4v) is 3.58. The number of nitrogens with two attached hydrogens (primary N) is 1. The molecule has 1 aromatic carbocycles. The van der Waals surface area contributed by atoms with Crippen LogP contribution in [0.2, 0.25) is 0 Å². The van der Waals surface area contributed by atoms with Crippen molar-refractivity contribution < 1.29 is 9.47 Å². The highest BCUT2D eigenvalue weighted by atomic mass is 32.1. The van der Waals surface area contributed by atoms with Gasteiger partial charge in [-0.2, -0.15) is 0 Å².